The van der Waals surface area contributed by atoms with E-state index < -0.39 is 17.6 Å². The molecule has 5 nitrogen and oxygen atoms in total. The van der Waals surface area contributed by atoms with E-state index in [0.717, 1.165) is 0 Å². The fourth-order valence-corrected chi connectivity index (χ4v) is 2.26. The van der Waals surface area contributed by atoms with Crippen molar-refractivity contribution >= 4 is 23.2 Å². The van der Waals surface area contributed by atoms with Gasteiger partial charge in [-0.3, -0.25) is 14.6 Å². The molecule has 0 saturated heterocycles. The summed E-state index contributed by atoms with van der Waals surface area (Å²) >= 11 is 0. The summed E-state index contributed by atoms with van der Waals surface area (Å²) in [4.78, 5) is 28.7. The van der Waals surface area contributed by atoms with Crippen molar-refractivity contribution in [3.05, 3.63) is 90.0 Å². The van der Waals surface area contributed by atoms with Crippen LogP contribution in [0, 0.1) is 5.82 Å². The van der Waals surface area contributed by atoms with Gasteiger partial charge >= 0.3 is 0 Å². The summed E-state index contributed by atoms with van der Waals surface area (Å²) in [7, 11) is 0. The minimum atomic E-state index is -0.628. The van der Waals surface area contributed by atoms with Crippen LogP contribution in [0.4, 0.5) is 15.8 Å². The fourth-order valence-electron chi connectivity index (χ4n) is 2.26. The molecular weight excluding hydrogens is 321 g/mol. The Morgan fingerprint density at radius 2 is 1.48 bits per heavy atom. The van der Waals surface area contributed by atoms with Gasteiger partial charge in [0.1, 0.15) is 5.82 Å². The number of hydrogen-bond donors (Lipinski definition) is 2. The molecule has 1 aromatic heterocycles. The molecule has 0 radical (unpaired) electrons. The van der Waals surface area contributed by atoms with Gasteiger partial charge in [0.2, 0.25) is 0 Å². The largest absolute Gasteiger partial charge is 0.321 e. The Morgan fingerprint density at radius 3 is 2.20 bits per heavy atom. The van der Waals surface area contributed by atoms with Gasteiger partial charge in [-0.1, -0.05) is 24.3 Å². The van der Waals surface area contributed by atoms with Crippen molar-refractivity contribution in [2.24, 2.45) is 0 Å². The Labute approximate surface area is 143 Å². The number of para-hydroxylation sites is 1. The molecule has 0 bridgehead atoms. The summed E-state index contributed by atoms with van der Waals surface area (Å²) in [6.45, 7) is 0. The van der Waals surface area contributed by atoms with Crippen molar-refractivity contribution in [3.8, 4) is 0 Å². The van der Waals surface area contributed by atoms with Gasteiger partial charge in [0.15, 0.2) is 0 Å². The van der Waals surface area contributed by atoms with Crippen LogP contribution in [0.25, 0.3) is 0 Å². The van der Waals surface area contributed by atoms with E-state index >= 15 is 0 Å². The van der Waals surface area contributed by atoms with Crippen molar-refractivity contribution in [2.45, 2.75) is 0 Å². The molecule has 25 heavy (non-hydrogen) atoms. The van der Waals surface area contributed by atoms with Crippen molar-refractivity contribution in [3.63, 3.8) is 0 Å². The van der Waals surface area contributed by atoms with Crippen LogP contribution in [0.15, 0.2) is 73.1 Å². The summed E-state index contributed by atoms with van der Waals surface area (Å²) in [5, 5.41) is 5.28. The third kappa shape index (κ3) is 3.87. The van der Waals surface area contributed by atoms with E-state index in [-0.39, 0.29) is 16.8 Å². The maximum atomic E-state index is 13.7. The number of benzene rings is 2. The topological polar surface area (TPSA) is 71.1 Å². The predicted octanol–water partition coefficient (Wildman–Crippen LogP) is 3.73. The Hall–Kier alpha value is -3.54. The summed E-state index contributed by atoms with van der Waals surface area (Å²) in [6.07, 6.45) is 3.11. The monoisotopic (exact) mass is 335 g/mol. The number of amides is 2. The van der Waals surface area contributed by atoms with Gasteiger partial charge in [-0.15, -0.1) is 0 Å². The van der Waals surface area contributed by atoms with Crippen molar-refractivity contribution in [1.29, 1.82) is 0 Å². The average Bonchev–Trinajstić information content (AvgIpc) is 2.63. The molecule has 0 fully saturated rings. The zero-order valence-electron chi connectivity index (χ0n) is 13.1. The number of anilines is 2. The number of rotatable bonds is 4. The molecular formula is C19H14FN3O2. The third-order valence-electron chi connectivity index (χ3n) is 3.46. The molecule has 0 aliphatic heterocycles. The van der Waals surface area contributed by atoms with Gasteiger partial charge in [-0.05, 0) is 36.4 Å². The number of carbonyl (C=O) groups is 2. The Kier molecular flexibility index (Phi) is 4.80. The molecule has 2 N–H and O–H groups in total. The lowest BCUT2D eigenvalue weighted by Gasteiger charge is -2.11. The van der Waals surface area contributed by atoms with Crippen LogP contribution < -0.4 is 10.6 Å². The SMILES string of the molecule is O=C(Nc1ccccc1C(=O)Nc1cccnc1)c1ccccc1F. The molecule has 0 unspecified atom stereocenters. The number of nitrogens with zero attached hydrogens (tertiary/aromatic N) is 1. The van der Waals surface area contributed by atoms with E-state index in [1.807, 2.05) is 0 Å². The molecule has 0 spiro atoms. The van der Waals surface area contributed by atoms with Gasteiger partial charge < -0.3 is 10.6 Å². The average molecular weight is 335 g/mol. The first-order valence-corrected chi connectivity index (χ1v) is 7.51. The first kappa shape index (κ1) is 16.3. The van der Waals surface area contributed by atoms with Crippen LogP contribution in [0.3, 0.4) is 0 Å². The predicted molar refractivity (Wildman–Crippen MR) is 93.0 cm³/mol. The highest BCUT2D eigenvalue weighted by atomic mass is 19.1. The number of halogens is 1. The number of carbonyl (C=O) groups excluding carboxylic acids is 2. The zero-order chi connectivity index (χ0) is 17.6. The Balaban J connectivity index is 1.82. The quantitative estimate of drug-likeness (QED) is 0.763. The maximum Gasteiger partial charge on any atom is 0.258 e. The molecule has 6 heteroatoms. The van der Waals surface area contributed by atoms with Crippen molar-refractivity contribution in [2.75, 3.05) is 10.6 Å². The van der Waals surface area contributed by atoms with Crippen LogP contribution in [0.1, 0.15) is 20.7 Å². The van der Waals surface area contributed by atoms with Crippen molar-refractivity contribution < 1.29 is 14.0 Å². The second-order valence-electron chi connectivity index (χ2n) is 5.18. The molecule has 2 aromatic carbocycles. The van der Waals surface area contributed by atoms with E-state index in [0.29, 0.717) is 5.69 Å². The smallest absolute Gasteiger partial charge is 0.258 e. The minimum Gasteiger partial charge on any atom is -0.321 e. The number of hydrogen-bond acceptors (Lipinski definition) is 3. The van der Waals surface area contributed by atoms with Gasteiger partial charge in [0, 0.05) is 6.20 Å². The second kappa shape index (κ2) is 7.35. The molecule has 3 rings (SSSR count). The maximum absolute atomic E-state index is 13.7. The lowest BCUT2D eigenvalue weighted by molar-refractivity contribution is 0.102. The molecule has 0 atom stereocenters. The van der Waals surface area contributed by atoms with Crippen LogP contribution in [-0.2, 0) is 0 Å². The number of aromatic nitrogens is 1. The third-order valence-corrected chi connectivity index (χ3v) is 3.46. The lowest BCUT2D eigenvalue weighted by atomic mass is 10.1. The Morgan fingerprint density at radius 1 is 0.800 bits per heavy atom. The van der Waals surface area contributed by atoms with Gasteiger partial charge in [0.05, 0.1) is 28.7 Å². The van der Waals surface area contributed by atoms with Crippen LogP contribution in [0.5, 0.6) is 0 Å². The lowest BCUT2D eigenvalue weighted by Crippen LogP contribution is -2.19. The summed E-state index contributed by atoms with van der Waals surface area (Å²) in [6, 6.07) is 15.6. The highest BCUT2D eigenvalue weighted by Gasteiger charge is 2.16. The van der Waals surface area contributed by atoms with E-state index in [4.69, 9.17) is 0 Å². The molecule has 0 aliphatic rings. The van der Waals surface area contributed by atoms with Gasteiger partial charge in [0.25, 0.3) is 11.8 Å². The molecule has 0 aliphatic carbocycles. The van der Waals surface area contributed by atoms with E-state index in [9.17, 15) is 14.0 Å². The van der Waals surface area contributed by atoms with E-state index in [1.54, 1.807) is 48.7 Å². The van der Waals surface area contributed by atoms with Crippen LogP contribution in [0.2, 0.25) is 0 Å². The van der Waals surface area contributed by atoms with E-state index in [1.165, 1.54) is 24.4 Å². The molecule has 0 saturated carbocycles. The Bertz CT molecular complexity index is 913. The fraction of sp³-hybridized carbons (Fsp3) is 0. The second-order valence-corrected chi connectivity index (χ2v) is 5.18. The molecule has 1 heterocycles. The van der Waals surface area contributed by atoms with Crippen molar-refractivity contribution in [1.82, 2.24) is 4.98 Å². The molecule has 124 valence electrons. The zero-order valence-corrected chi connectivity index (χ0v) is 13.1. The minimum absolute atomic E-state index is 0.0926. The van der Waals surface area contributed by atoms with Gasteiger partial charge in [-0.2, -0.15) is 0 Å². The normalized spacial score (nSPS) is 10.1. The number of pyridine rings is 1. The first-order chi connectivity index (χ1) is 12.1. The molecule has 2 amide bonds. The summed E-state index contributed by atoms with van der Waals surface area (Å²) in [5.41, 5.74) is 0.987. The first-order valence-electron chi connectivity index (χ1n) is 7.51. The highest BCUT2D eigenvalue weighted by molar-refractivity contribution is 6.12. The molecule has 3 aromatic rings. The summed E-state index contributed by atoms with van der Waals surface area (Å²) < 4.78 is 13.7. The van der Waals surface area contributed by atoms with Gasteiger partial charge in [-0.25, -0.2) is 4.39 Å². The van der Waals surface area contributed by atoms with Crippen LogP contribution in [-0.4, -0.2) is 16.8 Å². The standard InChI is InChI=1S/C19H14FN3O2/c20-16-9-3-1-7-14(16)18(24)23-17-10-4-2-8-15(17)19(25)22-13-6-5-11-21-12-13/h1-12H,(H,22,25)(H,23,24). The summed E-state index contributed by atoms with van der Waals surface area (Å²) in [5.74, 6) is -1.66. The highest BCUT2D eigenvalue weighted by Crippen LogP contribution is 2.19. The van der Waals surface area contributed by atoms with Crippen LogP contribution >= 0.6 is 0 Å². The van der Waals surface area contributed by atoms with E-state index in [2.05, 4.69) is 15.6 Å². The number of nitrogens with one attached hydrogen (secondary N) is 2.